The van der Waals surface area contributed by atoms with E-state index in [0.29, 0.717) is 11.1 Å². The maximum atomic E-state index is 10.5. The highest BCUT2D eigenvalue weighted by Gasteiger charge is 2.37. The number of nitrogens with zero attached hydrogens (tertiary/aromatic N) is 4. The highest BCUT2D eigenvalue weighted by Crippen LogP contribution is 2.40. The number of para-hydroxylation sites is 3. The maximum Gasteiger partial charge on any atom is 0.332 e. The molecule has 1 aliphatic heterocycles. The van der Waals surface area contributed by atoms with Crippen molar-refractivity contribution in [2.24, 2.45) is 0 Å². The minimum absolute atomic E-state index is 0.309. The van der Waals surface area contributed by atoms with Crippen LogP contribution in [0.2, 0.25) is 0 Å². The van der Waals surface area contributed by atoms with Crippen LogP contribution in [-0.2, 0) is 0 Å². The van der Waals surface area contributed by atoms with Crippen LogP contribution < -0.4 is 10.9 Å². The Morgan fingerprint density at radius 3 is 1.67 bits per heavy atom. The first-order valence-electron chi connectivity index (χ1n) is 16.4. The lowest BCUT2D eigenvalue weighted by Crippen LogP contribution is -2.53. The van der Waals surface area contributed by atoms with E-state index in [1.54, 1.807) is 0 Å². The first-order chi connectivity index (χ1) is 24.2. The summed E-state index contributed by atoms with van der Waals surface area (Å²) in [5.41, 5.74) is 13.1. The normalized spacial score (nSPS) is 12.0. The molecule has 0 atom stereocenters. The first kappa shape index (κ1) is 27.3. The van der Waals surface area contributed by atoms with E-state index < -0.39 is 0 Å². The van der Waals surface area contributed by atoms with Crippen molar-refractivity contribution in [3.63, 3.8) is 0 Å². The van der Waals surface area contributed by atoms with Crippen molar-refractivity contribution in [1.82, 2.24) is 9.05 Å². The lowest BCUT2D eigenvalue weighted by molar-refractivity contribution is 1.18. The van der Waals surface area contributed by atoms with Gasteiger partial charge in [0, 0.05) is 27.2 Å². The summed E-state index contributed by atoms with van der Waals surface area (Å²) in [6, 6.07) is 57.9. The second kappa shape index (κ2) is 10.3. The summed E-state index contributed by atoms with van der Waals surface area (Å²) >= 11 is 0. The van der Waals surface area contributed by atoms with Crippen LogP contribution in [-0.4, -0.2) is 15.9 Å². The standard InChI is InChI=1S/C44H25BN4/c46-26-31-15-9-17-34-35-18-10-16-32(27-47)43(35)49(42(31)34)45-38-19-7-8-20-41(38)48-40-22-21-30(28-11-3-1-4-12-28)23-36(40)37-24-33(25-39(45)44(37)48)29-13-5-2-6-14-29/h1-25H. The smallest absolute Gasteiger partial charge is 0.332 e. The van der Waals surface area contributed by atoms with E-state index in [-0.39, 0.29) is 6.85 Å². The number of nitriles is 2. The zero-order valence-electron chi connectivity index (χ0n) is 26.3. The summed E-state index contributed by atoms with van der Waals surface area (Å²) in [7, 11) is 0. The Balaban J connectivity index is 1.42. The van der Waals surface area contributed by atoms with Gasteiger partial charge in [-0.15, -0.1) is 0 Å². The molecular formula is C44H25BN4. The van der Waals surface area contributed by atoms with Crippen molar-refractivity contribution >= 4 is 61.4 Å². The van der Waals surface area contributed by atoms with Gasteiger partial charge in [-0.05, 0) is 69.6 Å². The molecule has 4 nitrogen and oxygen atoms in total. The van der Waals surface area contributed by atoms with E-state index in [9.17, 15) is 10.5 Å². The maximum absolute atomic E-state index is 10.5. The third kappa shape index (κ3) is 3.79. The second-order valence-corrected chi connectivity index (χ2v) is 12.7. The lowest BCUT2D eigenvalue weighted by atomic mass is 9.48. The summed E-state index contributed by atoms with van der Waals surface area (Å²) in [5, 5.41) is 25.3. The van der Waals surface area contributed by atoms with Crippen molar-refractivity contribution in [1.29, 1.82) is 10.5 Å². The van der Waals surface area contributed by atoms with E-state index in [1.807, 2.05) is 30.3 Å². The zero-order valence-corrected chi connectivity index (χ0v) is 26.3. The Labute approximate surface area is 283 Å². The molecule has 0 unspecified atom stereocenters. The molecule has 49 heavy (non-hydrogen) atoms. The molecule has 0 N–H and O–H groups in total. The molecule has 0 radical (unpaired) electrons. The number of rotatable bonds is 3. The molecule has 224 valence electrons. The summed E-state index contributed by atoms with van der Waals surface area (Å²) in [6.07, 6.45) is 0. The van der Waals surface area contributed by atoms with Crippen LogP contribution in [0.25, 0.3) is 71.6 Å². The van der Waals surface area contributed by atoms with Gasteiger partial charge in [-0.2, -0.15) is 10.5 Å². The molecule has 2 aromatic heterocycles. The second-order valence-electron chi connectivity index (χ2n) is 12.7. The SMILES string of the molecule is N#Cc1cccc2c3cccc(C#N)c3n(B3c4ccccc4-n4c5ccc(-c6ccccc6)cc5c5cc(-c6ccccc6)cc3c54)c12. The molecule has 0 fully saturated rings. The van der Waals surface area contributed by atoms with E-state index in [0.717, 1.165) is 60.6 Å². The van der Waals surface area contributed by atoms with Crippen molar-refractivity contribution < 1.29 is 0 Å². The van der Waals surface area contributed by atoms with E-state index in [1.165, 1.54) is 21.9 Å². The minimum Gasteiger partial charge on any atom is -0.374 e. The van der Waals surface area contributed by atoms with Crippen LogP contribution in [0.3, 0.4) is 0 Å². The Bertz CT molecular complexity index is 2830. The molecule has 7 aromatic carbocycles. The van der Waals surface area contributed by atoms with Gasteiger partial charge >= 0.3 is 6.85 Å². The van der Waals surface area contributed by atoms with Gasteiger partial charge in [-0.25, -0.2) is 0 Å². The summed E-state index contributed by atoms with van der Waals surface area (Å²) < 4.78 is 4.69. The van der Waals surface area contributed by atoms with Crippen molar-refractivity contribution in [3.05, 3.63) is 163 Å². The van der Waals surface area contributed by atoms with Gasteiger partial charge in [-0.1, -0.05) is 115 Å². The van der Waals surface area contributed by atoms with Gasteiger partial charge in [0.05, 0.1) is 33.2 Å². The highest BCUT2D eigenvalue weighted by atomic mass is 15.0. The number of fused-ring (bicyclic) bond motifs is 8. The quantitative estimate of drug-likeness (QED) is 0.185. The average Bonchev–Trinajstić information content (AvgIpc) is 3.69. The Hall–Kier alpha value is -6.82. The van der Waals surface area contributed by atoms with Gasteiger partial charge < -0.3 is 9.05 Å². The third-order valence-electron chi connectivity index (χ3n) is 10.2. The first-order valence-corrected chi connectivity index (χ1v) is 16.4. The molecule has 1 aliphatic rings. The fourth-order valence-corrected chi connectivity index (χ4v) is 8.20. The molecule has 0 bridgehead atoms. The molecule has 0 spiro atoms. The fraction of sp³-hybridized carbons (Fsp3) is 0. The predicted molar refractivity (Wildman–Crippen MR) is 201 cm³/mol. The predicted octanol–water partition coefficient (Wildman–Crippen LogP) is 8.94. The van der Waals surface area contributed by atoms with Crippen LogP contribution >= 0.6 is 0 Å². The average molecular weight is 621 g/mol. The Morgan fingerprint density at radius 2 is 1.02 bits per heavy atom. The largest absolute Gasteiger partial charge is 0.374 e. The molecule has 5 heteroatoms. The van der Waals surface area contributed by atoms with Crippen LogP contribution in [0.5, 0.6) is 0 Å². The summed E-state index contributed by atoms with van der Waals surface area (Å²) in [6.45, 7) is -0.309. The molecular weight excluding hydrogens is 595 g/mol. The molecule has 0 saturated heterocycles. The number of hydrogen-bond acceptors (Lipinski definition) is 2. The molecule has 3 heterocycles. The minimum atomic E-state index is -0.309. The molecule has 9 aromatic rings. The molecule has 10 rings (SSSR count). The molecule has 0 aliphatic carbocycles. The molecule has 0 saturated carbocycles. The van der Waals surface area contributed by atoms with Crippen molar-refractivity contribution in [2.45, 2.75) is 0 Å². The summed E-state index contributed by atoms with van der Waals surface area (Å²) in [4.78, 5) is 0. The van der Waals surface area contributed by atoms with Gasteiger partial charge in [0.1, 0.15) is 12.1 Å². The monoisotopic (exact) mass is 620 g/mol. The number of aromatic nitrogens is 2. The number of hydrogen-bond donors (Lipinski definition) is 0. The van der Waals surface area contributed by atoms with Crippen molar-refractivity contribution in [2.75, 3.05) is 0 Å². The van der Waals surface area contributed by atoms with E-state index >= 15 is 0 Å². The van der Waals surface area contributed by atoms with Crippen LogP contribution in [0.1, 0.15) is 11.1 Å². The third-order valence-corrected chi connectivity index (χ3v) is 10.2. The topological polar surface area (TPSA) is 57.4 Å². The van der Waals surface area contributed by atoms with Crippen LogP contribution in [0.4, 0.5) is 0 Å². The van der Waals surface area contributed by atoms with Gasteiger partial charge in [0.25, 0.3) is 0 Å². The highest BCUT2D eigenvalue weighted by molar-refractivity contribution is 6.88. The van der Waals surface area contributed by atoms with Gasteiger partial charge in [0.2, 0.25) is 0 Å². The molecule has 0 amide bonds. The van der Waals surface area contributed by atoms with Crippen molar-refractivity contribution in [3.8, 4) is 40.1 Å². The van der Waals surface area contributed by atoms with Crippen LogP contribution in [0, 0.1) is 22.7 Å². The van der Waals surface area contributed by atoms with Gasteiger partial charge in [0.15, 0.2) is 0 Å². The van der Waals surface area contributed by atoms with Crippen LogP contribution in [0.15, 0.2) is 152 Å². The van der Waals surface area contributed by atoms with Gasteiger partial charge in [-0.3, -0.25) is 0 Å². The summed E-state index contributed by atoms with van der Waals surface area (Å²) in [5.74, 6) is 0. The lowest BCUT2D eigenvalue weighted by Gasteiger charge is -2.29. The zero-order chi connectivity index (χ0) is 32.6. The Morgan fingerprint density at radius 1 is 0.429 bits per heavy atom. The fourth-order valence-electron chi connectivity index (χ4n) is 8.20. The van der Waals surface area contributed by atoms with E-state index in [4.69, 9.17) is 0 Å². The van der Waals surface area contributed by atoms with E-state index in [2.05, 4.69) is 143 Å². The Kier molecular flexibility index (Phi) is 5.77. The number of benzene rings is 7.